The average molecular weight is 252 g/mol. The van der Waals surface area contributed by atoms with Gasteiger partial charge in [-0.05, 0) is 31.0 Å². The summed E-state index contributed by atoms with van der Waals surface area (Å²) in [6.45, 7) is 4.45. The molecule has 1 atom stereocenters. The summed E-state index contributed by atoms with van der Waals surface area (Å²) in [5.41, 5.74) is 5.79. The maximum absolute atomic E-state index is 10.9. The van der Waals surface area contributed by atoms with Gasteiger partial charge in [-0.25, -0.2) is 4.79 Å². The van der Waals surface area contributed by atoms with Gasteiger partial charge in [0.05, 0.1) is 12.6 Å². The highest BCUT2D eigenvalue weighted by Crippen LogP contribution is 2.22. The van der Waals surface area contributed by atoms with E-state index < -0.39 is 12.1 Å². The van der Waals surface area contributed by atoms with Crippen molar-refractivity contribution in [3.63, 3.8) is 0 Å². The number of ether oxygens (including phenoxy) is 1. The zero-order valence-corrected chi connectivity index (χ0v) is 10.8. The number of carbonyl (C=O) groups is 1. The van der Waals surface area contributed by atoms with Crippen LogP contribution in [-0.2, 0) is 0 Å². The van der Waals surface area contributed by atoms with Crippen molar-refractivity contribution in [2.24, 2.45) is 5.73 Å². The van der Waals surface area contributed by atoms with Crippen molar-refractivity contribution in [2.45, 2.75) is 32.7 Å². The Morgan fingerprint density at radius 3 is 2.89 bits per heavy atom. The van der Waals surface area contributed by atoms with Gasteiger partial charge in [0, 0.05) is 0 Å². The van der Waals surface area contributed by atoms with Crippen LogP contribution in [0.4, 0.5) is 4.79 Å². The van der Waals surface area contributed by atoms with Gasteiger partial charge in [0.15, 0.2) is 0 Å². The lowest BCUT2D eigenvalue weighted by Crippen LogP contribution is -2.34. The highest BCUT2D eigenvalue weighted by molar-refractivity contribution is 5.71. The van der Waals surface area contributed by atoms with Gasteiger partial charge in [-0.2, -0.15) is 5.06 Å². The molecule has 0 aromatic heterocycles. The molecule has 0 aliphatic carbocycles. The van der Waals surface area contributed by atoms with Gasteiger partial charge in [-0.1, -0.05) is 25.5 Å². The Hall–Kier alpha value is -1.75. The van der Waals surface area contributed by atoms with E-state index >= 15 is 0 Å². The molecule has 0 aliphatic heterocycles. The number of benzene rings is 1. The Bertz CT molecular complexity index is 396. The minimum Gasteiger partial charge on any atom is -0.494 e. The summed E-state index contributed by atoms with van der Waals surface area (Å²) in [4.78, 5) is 10.9. The maximum atomic E-state index is 10.9. The van der Waals surface area contributed by atoms with Crippen molar-refractivity contribution in [1.82, 2.24) is 5.06 Å². The quantitative estimate of drug-likeness (QED) is 0.464. The van der Waals surface area contributed by atoms with Crippen LogP contribution < -0.4 is 10.5 Å². The minimum atomic E-state index is -0.875. The molecule has 0 radical (unpaired) electrons. The lowest BCUT2D eigenvalue weighted by atomic mass is 10.1. The van der Waals surface area contributed by atoms with Gasteiger partial charge in [-0.3, -0.25) is 5.21 Å². The van der Waals surface area contributed by atoms with Crippen LogP contribution in [0, 0.1) is 0 Å². The minimum absolute atomic E-state index is 0.503. The summed E-state index contributed by atoms with van der Waals surface area (Å²) in [5, 5.41) is 9.98. The molecule has 100 valence electrons. The average Bonchev–Trinajstić information content (AvgIpc) is 2.37. The molecule has 1 aromatic rings. The molecular weight excluding hydrogens is 232 g/mol. The largest absolute Gasteiger partial charge is 0.494 e. The molecule has 18 heavy (non-hydrogen) atoms. The van der Waals surface area contributed by atoms with E-state index in [0.29, 0.717) is 11.7 Å². The number of amides is 2. The first-order valence-corrected chi connectivity index (χ1v) is 6.06. The highest BCUT2D eigenvalue weighted by atomic mass is 16.5. The van der Waals surface area contributed by atoms with Crippen LogP contribution in [0.15, 0.2) is 24.3 Å². The number of nitrogens with two attached hydrogens (primary N) is 1. The zero-order chi connectivity index (χ0) is 13.5. The van der Waals surface area contributed by atoms with Crippen LogP contribution >= 0.6 is 0 Å². The molecule has 0 bridgehead atoms. The number of nitrogens with zero attached hydrogens (tertiary/aromatic N) is 1. The summed E-state index contributed by atoms with van der Waals surface area (Å²) >= 11 is 0. The van der Waals surface area contributed by atoms with Crippen molar-refractivity contribution < 1.29 is 14.7 Å². The van der Waals surface area contributed by atoms with Crippen molar-refractivity contribution in [2.75, 3.05) is 6.61 Å². The lowest BCUT2D eigenvalue weighted by Gasteiger charge is -2.21. The number of urea groups is 1. The molecule has 5 nitrogen and oxygen atoms in total. The van der Waals surface area contributed by atoms with Crippen LogP contribution in [0.1, 0.15) is 38.3 Å². The number of hydrogen-bond donors (Lipinski definition) is 2. The van der Waals surface area contributed by atoms with Crippen LogP contribution in [0.25, 0.3) is 0 Å². The van der Waals surface area contributed by atoms with Gasteiger partial charge >= 0.3 is 6.03 Å². The van der Waals surface area contributed by atoms with Gasteiger partial charge < -0.3 is 10.5 Å². The number of hydroxylamine groups is 2. The van der Waals surface area contributed by atoms with E-state index in [-0.39, 0.29) is 0 Å². The standard InChI is InChI=1S/C13H20N2O3/c1-3-4-8-18-12-7-5-6-11(9-12)10(2)15(17)13(14)16/h5-7,9-10,17H,3-4,8H2,1-2H3,(H2,14,16). The van der Waals surface area contributed by atoms with Crippen molar-refractivity contribution in [1.29, 1.82) is 0 Å². The summed E-state index contributed by atoms with van der Waals surface area (Å²) < 4.78 is 5.56. The zero-order valence-electron chi connectivity index (χ0n) is 10.8. The van der Waals surface area contributed by atoms with E-state index in [1.807, 2.05) is 18.2 Å². The number of primary amides is 1. The summed E-state index contributed by atoms with van der Waals surface area (Å²) in [6.07, 6.45) is 2.06. The van der Waals surface area contributed by atoms with Gasteiger partial charge in [-0.15, -0.1) is 0 Å². The van der Waals surface area contributed by atoms with Crippen molar-refractivity contribution in [3.8, 4) is 5.75 Å². The highest BCUT2D eigenvalue weighted by Gasteiger charge is 2.17. The number of unbranched alkanes of at least 4 members (excludes halogenated alkanes) is 1. The fourth-order valence-corrected chi connectivity index (χ4v) is 1.53. The summed E-state index contributed by atoms with van der Waals surface area (Å²) in [6, 6.07) is 5.90. The molecule has 0 aliphatic rings. The van der Waals surface area contributed by atoms with Crippen LogP contribution in [0.3, 0.4) is 0 Å². The first kappa shape index (κ1) is 14.3. The monoisotopic (exact) mass is 252 g/mol. The van der Waals surface area contributed by atoms with E-state index in [1.165, 1.54) is 0 Å². The summed E-state index contributed by atoms with van der Waals surface area (Å²) in [7, 11) is 0. The van der Waals surface area contributed by atoms with E-state index in [2.05, 4.69) is 6.92 Å². The van der Waals surface area contributed by atoms with E-state index in [0.717, 1.165) is 24.2 Å². The normalized spacial score (nSPS) is 11.9. The van der Waals surface area contributed by atoms with Gasteiger partial charge in [0.2, 0.25) is 0 Å². The molecule has 0 saturated carbocycles. The second-order valence-corrected chi connectivity index (χ2v) is 4.13. The molecule has 1 rings (SSSR count). The number of carbonyl (C=O) groups excluding carboxylic acids is 1. The Labute approximate surface area is 107 Å². The lowest BCUT2D eigenvalue weighted by molar-refractivity contribution is -0.0710. The predicted octanol–water partition coefficient (Wildman–Crippen LogP) is 2.70. The van der Waals surface area contributed by atoms with E-state index in [1.54, 1.807) is 13.0 Å². The number of hydrogen-bond acceptors (Lipinski definition) is 3. The van der Waals surface area contributed by atoms with Crippen LogP contribution in [-0.4, -0.2) is 22.9 Å². The second kappa shape index (κ2) is 6.86. The first-order valence-electron chi connectivity index (χ1n) is 6.06. The third-order valence-corrected chi connectivity index (χ3v) is 2.70. The molecule has 1 aromatic carbocycles. The molecule has 5 heteroatoms. The summed E-state index contributed by atoms with van der Waals surface area (Å²) in [5.74, 6) is 0.727. The fraction of sp³-hybridized carbons (Fsp3) is 0.462. The Morgan fingerprint density at radius 2 is 2.28 bits per heavy atom. The first-order chi connectivity index (χ1) is 8.56. The molecule has 0 fully saturated rings. The smallest absolute Gasteiger partial charge is 0.339 e. The Kier molecular flexibility index (Phi) is 5.45. The molecular formula is C13H20N2O3. The van der Waals surface area contributed by atoms with Gasteiger partial charge in [0.25, 0.3) is 0 Å². The fourth-order valence-electron chi connectivity index (χ4n) is 1.53. The Morgan fingerprint density at radius 1 is 1.56 bits per heavy atom. The molecule has 0 spiro atoms. The van der Waals surface area contributed by atoms with Crippen LogP contribution in [0.5, 0.6) is 5.75 Å². The van der Waals surface area contributed by atoms with Crippen molar-refractivity contribution >= 4 is 6.03 Å². The third kappa shape index (κ3) is 3.92. The predicted molar refractivity (Wildman–Crippen MR) is 68.5 cm³/mol. The second-order valence-electron chi connectivity index (χ2n) is 4.13. The third-order valence-electron chi connectivity index (χ3n) is 2.70. The maximum Gasteiger partial charge on any atom is 0.339 e. The number of rotatable bonds is 6. The Balaban J connectivity index is 2.71. The van der Waals surface area contributed by atoms with Gasteiger partial charge in [0.1, 0.15) is 5.75 Å². The molecule has 3 N–H and O–H groups in total. The molecule has 0 saturated heterocycles. The van der Waals surface area contributed by atoms with Crippen molar-refractivity contribution in [3.05, 3.63) is 29.8 Å². The topological polar surface area (TPSA) is 75.8 Å². The molecule has 0 heterocycles. The van der Waals surface area contributed by atoms with E-state index in [9.17, 15) is 10.0 Å². The van der Waals surface area contributed by atoms with Crippen LogP contribution in [0.2, 0.25) is 0 Å². The SMILES string of the molecule is CCCCOc1cccc(C(C)N(O)C(N)=O)c1. The molecule has 1 unspecified atom stereocenters. The van der Waals surface area contributed by atoms with E-state index in [4.69, 9.17) is 10.5 Å². The molecule has 2 amide bonds.